The van der Waals surface area contributed by atoms with Gasteiger partial charge in [0, 0.05) is 32.4 Å². The van der Waals surface area contributed by atoms with Gasteiger partial charge in [-0.3, -0.25) is 21.6 Å². The lowest BCUT2D eigenvalue weighted by molar-refractivity contribution is 0.218. The van der Waals surface area contributed by atoms with Crippen LogP contribution < -0.4 is 21.4 Å². The van der Waals surface area contributed by atoms with E-state index in [1.807, 2.05) is 23.2 Å². The van der Waals surface area contributed by atoms with Crippen LogP contribution in [0.25, 0.3) is 0 Å². The van der Waals surface area contributed by atoms with Gasteiger partial charge in [-0.05, 0) is 12.1 Å². The largest absolute Gasteiger partial charge is 0.370 e. The zero-order chi connectivity index (χ0) is 13.7. The Kier molecular flexibility index (Phi) is 6.01. The molecule has 2 rings (SSSR count). The zero-order valence-electron chi connectivity index (χ0n) is 11.0. The molecule has 0 aromatic carbocycles. The second kappa shape index (κ2) is 7.51. The molecule has 1 aliphatic rings. The van der Waals surface area contributed by atoms with E-state index >= 15 is 0 Å². The summed E-state index contributed by atoms with van der Waals surface area (Å²) in [6.45, 7) is 3.19. The molecule has 1 saturated heterocycles. The van der Waals surface area contributed by atoms with Crippen LogP contribution in [0.3, 0.4) is 0 Å². The molecular weight excluding hydrogens is 280 g/mol. The average molecular weight is 299 g/mol. The summed E-state index contributed by atoms with van der Waals surface area (Å²) in [6.07, 6.45) is 1.78. The topological polar surface area (TPSA) is 117 Å². The molecule has 1 aromatic heterocycles. The van der Waals surface area contributed by atoms with E-state index in [0.29, 0.717) is 0 Å². The number of nitrogens with two attached hydrogens (primary N) is 1. The first-order valence-electron chi connectivity index (χ1n) is 6.02. The first kappa shape index (κ1) is 16.0. The SMILES string of the molecule is Cl.N=C(N)NC(=N)NN1CCN(c2ccccn2)CC1. The van der Waals surface area contributed by atoms with Gasteiger partial charge in [0.05, 0.1) is 0 Å². The van der Waals surface area contributed by atoms with Gasteiger partial charge in [-0.15, -0.1) is 12.4 Å². The number of nitrogens with zero attached hydrogens (tertiary/aromatic N) is 3. The molecule has 0 aliphatic carbocycles. The lowest BCUT2D eigenvalue weighted by Gasteiger charge is -2.35. The summed E-state index contributed by atoms with van der Waals surface area (Å²) >= 11 is 0. The molecule has 0 bridgehead atoms. The van der Waals surface area contributed by atoms with Crippen LogP contribution in [0.4, 0.5) is 5.82 Å². The highest BCUT2D eigenvalue weighted by Crippen LogP contribution is 2.11. The van der Waals surface area contributed by atoms with Crippen molar-refractivity contribution in [2.24, 2.45) is 5.73 Å². The lowest BCUT2D eigenvalue weighted by Crippen LogP contribution is -2.57. The number of hydrogen-bond donors (Lipinski definition) is 5. The van der Waals surface area contributed by atoms with Crippen molar-refractivity contribution in [2.45, 2.75) is 0 Å². The third-order valence-corrected chi connectivity index (χ3v) is 2.78. The van der Waals surface area contributed by atoms with Gasteiger partial charge in [0.2, 0.25) is 5.96 Å². The van der Waals surface area contributed by atoms with Crippen molar-refractivity contribution in [3.05, 3.63) is 24.4 Å². The van der Waals surface area contributed by atoms with Gasteiger partial charge in [0.25, 0.3) is 0 Å². The second-order valence-corrected chi connectivity index (χ2v) is 4.19. The summed E-state index contributed by atoms with van der Waals surface area (Å²) in [5.41, 5.74) is 8.01. The molecule has 20 heavy (non-hydrogen) atoms. The van der Waals surface area contributed by atoms with E-state index < -0.39 is 0 Å². The Morgan fingerprint density at radius 2 is 1.90 bits per heavy atom. The molecule has 6 N–H and O–H groups in total. The maximum absolute atomic E-state index is 7.56. The van der Waals surface area contributed by atoms with Crippen LogP contribution >= 0.6 is 12.4 Å². The fourth-order valence-corrected chi connectivity index (χ4v) is 1.91. The maximum Gasteiger partial charge on any atom is 0.210 e. The second-order valence-electron chi connectivity index (χ2n) is 4.19. The highest BCUT2D eigenvalue weighted by atomic mass is 35.5. The Morgan fingerprint density at radius 3 is 2.45 bits per heavy atom. The number of hydrogen-bond acceptors (Lipinski definition) is 5. The summed E-state index contributed by atoms with van der Waals surface area (Å²) in [4.78, 5) is 6.51. The quantitative estimate of drug-likeness (QED) is 0.373. The number of aromatic nitrogens is 1. The van der Waals surface area contributed by atoms with Gasteiger partial charge in [0.1, 0.15) is 5.82 Å². The average Bonchev–Trinajstić information content (AvgIpc) is 2.39. The smallest absolute Gasteiger partial charge is 0.210 e. The minimum Gasteiger partial charge on any atom is -0.370 e. The molecule has 0 radical (unpaired) electrons. The van der Waals surface area contributed by atoms with Crippen LogP contribution in [0.2, 0.25) is 0 Å². The van der Waals surface area contributed by atoms with Gasteiger partial charge < -0.3 is 10.6 Å². The number of pyridine rings is 1. The van der Waals surface area contributed by atoms with E-state index in [0.717, 1.165) is 32.0 Å². The van der Waals surface area contributed by atoms with Gasteiger partial charge >= 0.3 is 0 Å². The highest BCUT2D eigenvalue weighted by molar-refractivity contribution is 5.94. The third kappa shape index (κ3) is 4.56. The van der Waals surface area contributed by atoms with Crippen molar-refractivity contribution in [3.63, 3.8) is 0 Å². The molecule has 1 fully saturated rings. The van der Waals surface area contributed by atoms with Crippen LogP contribution in [0.1, 0.15) is 0 Å². The van der Waals surface area contributed by atoms with Crippen LogP contribution in [-0.4, -0.2) is 48.1 Å². The number of piperazine rings is 1. The summed E-state index contributed by atoms with van der Waals surface area (Å²) in [5, 5.41) is 18.9. The van der Waals surface area contributed by atoms with E-state index in [-0.39, 0.29) is 24.3 Å². The summed E-state index contributed by atoms with van der Waals surface area (Å²) in [5.74, 6) is 0.738. The van der Waals surface area contributed by atoms with Gasteiger partial charge in [-0.1, -0.05) is 6.07 Å². The highest BCUT2D eigenvalue weighted by Gasteiger charge is 2.18. The minimum atomic E-state index is -0.246. The monoisotopic (exact) mass is 298 g/mol. The Morgan fingerprint density at radius 1 is 1.20 bits per heavy atom. The fraction of sp³-hybridized carbons (Fsp3) is 0.364. The van der Waals surface area contributed by atoms with E-state index in [4.69, 9.17) is 16.6 Å². The molecule has 0 spiro atoms. The number of rotatable bonds is 2. The van der Waals surface area contributed by atoms with Crippen molar-refractivity contribution in [1.29, 1.82) is 10.8 Å². The van der Waals surface area contributed by atoms with E-state index in [9.17, 15) is 0 Å². The van der Waals surface area contributed by atoms with Crippen molar-refractivity contribution >= 4 is 30.1 Å². The molecule has 0 atom stereocenters. The molecule has 1 aliphatic heterocycles. The Labute approximate surface area is 123 Å². The normalized spacial score (nSPS) is 15.1. The zero-order valence-corrected chi connectivity index (χ0v) is 11.8. The van der Waals surface area contributed by atoms with Crippen LogP contribution in [-0.2, 0) is 0 Å². The lowest BCUT2D eigenvalue weighted by atomic mass is 10.3. The number of hydrazine groups is 1. The fourth-order valence-electron chi connectivity index (χ4n) is 1.91. The minimum absolute atomic E-state index is 0. The Bertz CT molecular complexity index is 443. The summed E-state index contributed by atoms with van der Waals surface area (Å²) < 4.78 is 0. The van der Waals surface area contributed by atoms with Gasteiger partial charge in [0.15, 0.2) is 5.96 Å². The standard InChI is InChI=1S/C11H18N8.ClH/c12-10(13)16-11(14)17-19-7-5-18(6-8-19)9-3-1-2-4-15-9;/h1-4H,5-8H2,(H6,12,13,14,16,17);1H. The van der Waals surface area contributed by atoms with Crippen molar-refractivity contribution in [2.75, 3.05) is 31.1 Å². The Balaban J connectivity index is 0.00000200. The van der Waals surface area contributed by atoms with E-state index in [1.165, 1.54) is 0 Å². The van der Waals surface area contributed by atoms with Gasteiger partial charge in [-0.2, -0.15) is 0 Å². The van der Waals surface area contributed by atoms with E-state index in [1.54, 1.807) is 6.20 Å². The number of nitrogens with one attached hydrogen (secondary N) is 4. The Hall–Kier alpha value is -2.06. The molecule has 9 heteroatoms. The summed E-state index contributed by atoms with van der Waals surface area (Å²) in [7, 11) is 0. The number of guanidine groups is 2. The van der Waals surface area contributed by atoms with Crippen molar-refractivity contribution < 1.29 is 0 Å². The molecule has 0 amide bonds. The van der Waals surface area contributed by atoms with Crippen LogP contribution in [0.5, 0.6) is 0 Å². The van der Waals surface area contributed by atoms with Crippen molar-refractivity contribution in [3.8, 4) is 0 Å². The third-order valence-electron chi connectivity index (χ3n) is 2.78. The molecule has 1 aromatic rings. The summed E-state index contributed by atoms with van der Waals surface area (Å²) in [6, 6.07) is 5.86. The number of halogens is 1. The van der Waals surface area contributed by atoms with Crippen molar-refractivity contribution in [1.82, 2.24) is 20.7 Å². The van der Waals surface area contributed by atoms with Crippen LogP contribution in [0.15, 0.2) is 24.4 Å². The molecule has 8 nitrogen and oxygen atoms in total. The molecule has 0 unspecified atom stereocenters. The number of anilines is 1. The first-order chi connectivity index (χ1) is 9.15. The molecule has 2 heterocycles. The predicted octanol–water partition coefficient (Wildman–Crippen LogP) is -0.452. The maximum atomic E-state index is 7.56. The predicted molar refractivity (Wildman–Crippen MR) is 81.2 cm³/mol. The molecular formula is C11H19ClN8. The van der Waals surface area contributed by atoms with E-state index in [2.05, 4.69) is 20.6 Å². The van der Waals surface area contributed by atoms with Gasteiger partial charge in [-0.25, -0.2) is 9.99 Å². The first-order valence-corrected chi connectivity index (χ1v) is 6.02. The molecule has 0 saturated carbocycles. The molecule has 110 valence electrons. The van der Waals surface area contributed by atoms with Crippen LogP contribution in [0, 0.1) is 10.8 Å².